The Hall–Kier alpha value is -1.96. The summed E-state index contributed by atoms with van der Waals surface area (Å²) in [5.41, 5.74) is 2.31. The molecule has 0 spiro atoms. The maximum Gasteiger partial charge on any atom is 0.142 e. The summed E-state index contributed by atoms with van der Waals surface area (Å²) in [4.78, 5) is 0. The molecule has 2 aromatic rings. The Labute approximate surface area is 115 Å². The summed E-state index contributed by atoms with van der Waals surface area (Å²) >= 11 is 0. The summed E-state index contributed by atoms with van der Waals surface area (Å²) in [6.45, 7) is 5.85. The van der Waals surface area contributed by atoms with Crippen LogP contribution in [-0.2, 0) is 6.54 Å². The summed E-state index contributed by atoms with van der Waals surface area (Å²) < 4.78 is 5.82. The summed E-state index contributed by atoms with van der Waals surface area (Å²) in [7, 11) is 0. The average Bonchev–Trinajstić information content (AvgIpc) is 2.45. The molecule has 0 unspecified atom stereocenters. The number of ether oxygens (including phenoxy) is 1. The van der Waals surface area contributed by atoms with Crippen molar-refractivity contribution < 1.29 is 4.74 Å². The van der Waals surface area contributed by atoms with E-state index in [2.05, 4.69) is 49.5 Å². The molecule has 0 radical (unpaired) electrons. The van der Waals surface area contributed by atoms with Crippen LogP contribution >= 0.6 is 0 Å². The van der Waals surface area contributed by atoms with Gasteiger partial charge in [-0.15, -0.1) is 0 Å². The molecule has 100 valence electrons. The lowest BCUT2D eigenvalue weighted by molar-refractivity contribution is 0.272. The summed E-state index contributed by atoms with van der Waals surface area (Å²) in [5, 5.41) is 3.43. The molecule has 2 heteroatoms. The van der Waals surface area contributed by atoms with E-state index >= 15 is 0 Å². The quantitative estimate of drug-likeness (QED) is 0.829. The normalized spacial score (nSPS) is 10.5. The van der Waals surface area contributed by atoms with Crippen LogP contribution in [0, 0.1) is 5.92 Å². The third-order valence-corrected chi connectivity index (χ3v) is 2.79. The molecule has 0 saturated carbocycles. The molecule has 2 rings (SSSR count). The van der Waals surface area contributed by atoms with Crippen molar-refractivity contribution in [2.24, 2.45) is 5.92 Å². The van der Waals surface area contributed by atoms with Gasteiger partial charge in [-0.2, -0.15) is 0 Å². The Morgan fingerprint density at radius 3 is 2.37 bits per heavy atom. The van der Waals surface area contributed by atoms with Gasteiger partial charge in [-0.3, -0.25) is 0 Å². The van der Waals surface area contributed by atoms with Crippen molar-refractivity contribution in [3.05, 3.63) is 60.2 Å². The van der Waals surface area contributed by atoms with Crippen molar-refractivity contribution >= 4 is 5.69 Å². The van der Waals surface area contributed by atoms with Crippen LogP contribution in [0.3, 0.4) is 0 Å². The zero-order chi connectivity index (χ0) is 13.5. The second kappa shape index (κ2) is 6.83. The molecule has 0 aliphatic rings. The first-order chi connectivity index (χ1) is 9.25. The minimum Gasteiger partial charge on any atom is -0.491 e. The molecule has 0 aliphatic carbocycles. The molecule has 2 aromatic carbocycles. The molecule has 19 heavy (non-hydrogen) atoms. The van der Waals surface area contributed by atoms with E-state index in [1.54, 1.807) is 0 Å². The molecule has 0 bridgehead atoms. The highest BCUT2D eigenvalue weighted by Crippen LogP contribution is 2.24. The molecule has 0 fully saturated rings. The molecule has 0 atom stereocenters. The molecule has 2 nitrogen and oxygen atoms in total. The zero-order valence-corrected chi connectivity index (χ0v) is 11.6. The van der Waals surface area contributed by atoms with Gasteiger partial charge in [0.05, 0.1) is 12.3 Å². The Bertz CT molecular complexity index is 494. The lowest BCUT2D eigenvalue weighted by Crippen LogP contribution is -2.07. The van der Waals surface area contributed by atoms with Gasteiger partial charge in [-0.05, 0) is 23.6 Å². The van der Waals surface area contributed by atoms with E-state index in [0.717, 1.165) is 24.6 Å². The summed E-state index contributed by atoms with van der Waals surface area (Å²) in [5.74, 6) is 1.45. The number of hydrogen-bond acceptors (Lipinski definition) is 2. The Morgan fingerprint density at radius 1 is 0.947 bits per heavy atom. The SMILES string of the molecule is CC(C)COc1ccccc1NCc1ccccc1. The zero-order valence-electron chi connectivity index (χ0n) is 11.6. The Morgan fingerprint density at radius 2 is 1.63 bits per heavy atom. The monoisotopic (exact) mass is 255 g/mol. The van der Waals surface area contributed by atoms with Crippen LogP contribution < -0.4 is 10.1 Å². The lowest BCUT2D eigenvalue weighted by Gasteiger charge is -2.14. The second-order valence-electron chi connectivity index (χ2n) is 5.04. The number of para-hydroxylation sites is 2. The van der Waals surface area contributed by atoms with Crippen LogP contribution in [0.5, 0.6) is 5.75 Å². The molecule has 0 heterocycles. The van der Waals surface area contributed by atoms with Gasteiger partial charge in [0.25, 0.3) is 0 Å². The fourth-order valence-electron chi connectivity index (χ4n) is 1.79. The maximum absolute atomic E-state index is 5.82. The number of nitrogens with one attached hydrogen (secondary N) is 1. The molecule has 0 saturated heterocycles. The average molecular weight is 255 g/mol. The van der Waals surface area contributed by atoms with E-state index in [9.17, 15) is 0 Å². The van der Waals surface area contributed by atoms with E-state index in [-0.39, 0.29) is 0 Å². The fourth-order valence-corrected chi connectivity index (χ4v) is 1.79. The number of benzene rings is 2. The van der Waals surface area contributed by atoms with Crippen molar-refractivity contribution in [1.82, 2.24) is 0 Å². The third-order valence-electron chi connectivity index (χ3n) is 2.79. The first-order valence-corrected chi connectivity index (χ1v) is 6.75. The summed E-state index contributed by atoms with van der Waals surface area (Å²) in [6, 6.07) is 18.5. The van der Waals surface area contributed by atoms with Gasteiger partial charge in [0.2, 0.25) is 0 Å². The minimum absolute atomic E-state index is 0.530. The number of anilines is 1. The van der Waals surface area contributed by atoms with Gasteiger partial charge < -0.3 is 10.1 Å². The fraction of sp³-hybridized carbons (Fsp3) is 0.294. The first kappa shape index (κ1) is 13.5. The largest absolute Gasteiger partial charge is 0.491 e. The van der Waals surface area contributed by atoms with E-state index in [0.29, 0.717) is 5.92 Å². The van der Waals surface area contributed by atoms with E-state index in [4.69, 9.17) is 4.74 Å². The van der Waals surface area contributed by atoms with Gasteiger partial charge in [-0.25, -0.2) is 0 Å². The van der Waals surface area contributed by atoms with E-state index in [1.807, 2.05) is 24.3 Å². The van der Waals surface area contributed by atoms with E-state index in [1.165, 1.54) is 5.56 Å². The topological polar surface area (TPSA) is 21.3 Å². The van der Waals surface area contributed by atoms with Gasteiger partial charge in [-0.1, -0.05) is 56.3 Å². The van der Waals surface area contributed by atoms with Crippen LogP contribution in [0.1, 0.15) is 19.4 Å². The van der Waals surface area contributed by atoms with Crippen molar-refractivity contribution in [2.45, 2.75) is 20.4 Å². The van der Waals surface area contributed by atoms with E-state index < -0.39 is 0 Å². The minimum atomic E-state index is 0.530. The van der Waals surface area contributed by atoms with Gasteiger partial charge in [0, 0.05) is 6.54 Å². The predicted octanol–water partition coefficient (Wildman–Crippen LogP) is 4.33. The van der Waals surface area contributed by atoms with Crippen LogP contribution in [0.2, 0.25) is 0 Å². The third kappa shape index (κ3) is 4.32. The molecular weight excluding hydrogens is 234 g/mol. The highest BCUT2D eigenvalue weighted by Gasteiger charge is 2.03. The van der Waals surface area contributed by atoms with Crippen LogP contribution in [0.4, 0.5) is 5.69 Å². The van der Waals surface area contributed by atoms with Crippen LogP contribution in [0.15, 0.2) is 54.6 Å². The van der Waals surface area contributed by atoms with Gasteiger partial charge in [0.15, 0.2) is 0 Å². The number of hydrogen-bond donors (Lipinski definition) is 1. The summed E-state index contributed by atoms with van der Waals surface area (Å²) in [6.07, 6.45) is 0. The molecular formula is C17H21NO. The predicted molar refractivity (Wildman–Crippen MR) is 80.5 cm³/mol. The van der Waals surface area contributed by atoms with Crippen LogP contribution in [0.25, 0.3) is 0 Å². The first-order valence-electron chi connectivity index (χ1n) is 6.75. The van der Waals surface area contributed by atoms with Crippen molar-refractivity contribution in [1.29, 1.82) is 0 Å². The lowest BCUT2D eigenvalue weighted by atomic mass is 10.2. The maximum atomic E-state index is 5.82. The Balaban J connectivity index is 1.99. The highest BCUT2D eigenvalue weighted by atomic mass is 16.5. The van der Waals surface area contributed by atoms with Crippen molar-refractivity contribution in [3.63, 3.8) is 0 Å². The number of rotatable bonds is 6. The highest BCUT2D eigenvalue weighted by molar-refractivity contribution is 5.56. The van der Waals surface area contributed by atoms with Gasteiger partial charge in [0.1, 0.15) is 5.75 Å². The second-order valence-corrected chi connectivity index (χ2v) is 5.04. The molecule has 0 amide bonds. The molecule has 0 aliphatic heterocycles. The molecule has 1 N–H and O–H groups in total. The smallest absolute Gasteiger partial charge is 0.142 e. The van der Waals surface area contributed by atoms with Crippen molar-refractivity contribution in [3.8, 4) is 5.75 Å². The Kier molecular flexibility index (Phi) is 4.85. The molecule has 0 aromatic heterocycles. The standard InChI is InChI=1S/C17H21NO/c1-14(2)13-19-17-11-7-6-10-16(17)18-12-15-8-4-3-5-9-15/h3-11,14,18H,12-13H2,1-2H3. The van der Waals surface area contributed by atoms with Crippen LogP contribution in [-0.4, -0.2) is 6.61 Å². The van der Waals surface area contributed by atoms with Crippen molar-refractivity contribution in [2.75, 3.05) is 11.9 Å². The van der Waals surface area contributed by atoms with Gasteiger partial charge >= 0.3 is 0 Å².